The summed E-state index contributed by atoms with van der Waals surface area (Å²) < 4.78 is 26.0. The average Bonchev–Trinajstić information content (AvgIpc) is 1.80. The lowest BCUT2D eigenvalue weighted by Gasteiger charge is -2.45. The minimum atomic E-state index is -2.44. The Balaban J connectivity index is 2.64. The lowest BCUT2D eigenvalue weighted by molar-refractivity contribution is -0.0941. The van der Waals surface area contributed by atoms with Crippen LogP contribution < -0.4 is 0 Å². The second-order valence-electron chi connectivity index (χ2n) is 5.02. The second-order valence-corrected chi connectivity index (χ2v) is 5.02. The molecule has 0 amide bonds. The third kappa shape index (κ3) is 2.63. The molecule has 0 aliphatic carbocycles. The van der Waals surface area contributed by atoms with E-state index >= 15 is 0 Å². The first-order valence-electron chi connectivity index (χ1n) is 4.87. The van der Waals surface area contributed by atoms with Crippen molar-refractivity contribution in [2.45, 2.75) is 58.0 Å². The largest absolute Gasteiger partial charge is 0.295 e. The smallest absolute Gasteiger partial charge is 0.250 e. The predicted octanol–water partition coefficient (Wildman–Crippen LogP) is 2.90. The Bertz CT molecular complexity index is 184. The van der Waals surface area contributed by atoms with Crippen LogP contribution in [0.5, 0.6) is 0 Å². The van der Waals surface area contributed by atoms with Gasteiger partial charge in [0.2, 0.25) is 0 Å². The number of alkyl halides is 2. The maximum Gasteiger partial charge on any atom is 0.250 e. The van der Waals surface area contributed by atoms with Crippen molar-refractivity contribution in [1.29, 1.82) is 0 Å². The van der Waals surface area contributed by atoms with E-state index in [1.165, 1.54) is 0 Å². The minimum absolute atomic E-state index is 0.00424. The van der Waals surface area contributed by atoms with Gasteiger partial charge in [0.25, 0.3) is 5.92 Å². The van der Waals surface area contributed by atoms with Crippen molar-refractivity contribution in [3.8, 4) is 0 Å². The van der Waals surface area contributed by atoms with Crippen molar-refractivity contribution < 1.29 is 8.78 Å². The van der Waals surface area contributed by atoms with Gasteiger partial charge in [-0.2, -0.15) is 0 Å². The van der Waals surface area contributed by atoms with Crippen molar-refractivity contribution in [1.82, 2.24) is 4.90 Å². The van der Waals surface area contributed by atoms with Crippen LogP contribution in [0.15, 0.2) is 0 Å². The molecule has 1 heterocycles. The molecule has 0 aromatic carbocycles. The zero-order chi connectivity index (χ0) is 10.3. The fourth-order valence-electron chi connectivity index (χ4n) is 2.15. The minimum Gasteiger partial charge on any atom is -0.295 e. The van der Waals surface area contributed by atoms with Gasteiger partial charge in [0.15, 0.2) is 0 Å². The van der Waals surface area contributed by atoms with Gasteiger partial charge in [0.1, 0.15) is 0 Å². The van der Waals surface area contributed by atoms with Gasteiger partial charge in [-0.25, -0.2) is 8.78 Å². The summed E-state index contributed by atoms with van der Waals surface area (Å²) in [7, 11) is 0. The molecule has 0 N–H and O–H groups in total. The quantitative estimate of drug-likeness (QED) is 0.569. The first kappa shape index (κ1) is 10.9. The van der Waals surface area contributed by atoms with Crippen LogP contribution in [0.25, 0.3) is 0 Å². The van der Waals surface area contributed by atoms with Gasteiger partial charge in [-0.05, 0) is 27.7 Å². The highest BCUT2D eigenvalue weighted by atomic mass is 19.3. The van der Waals surface area contributed by atoms with Crippen LogP contribution in [0.2, 0.25) is 0 Å². The number of hydrogen-bond acceptors (Lipinski definition) is 1. The Morgan fingerprint density at radius 1 is 1.31 bits per heavy atom. The monoisotopic (exact) mass is 191 g/mol. The summed E-state index contributed by atoms with van der Waals surface area (Å²) in [6, 6.07) is -0.0104. The standard InChI is InChI=1S/C10H19F2N/c1-8-7-10(11,12)5-6-13(8)9(2,3)4/h8H,5-7H2,1-4H3/t8-/m0/s1. The molecule has 1 atom stereocenters. The van der Waals surface area contributed by atoms with Crippen LogP contribution in [0, 0.1) is 0 Å². The molecule has 1 aliphatic heterocycles. The molecule has 0 aromatic rings. The van der Waals surface area contributed by atoms with E-state index in [4.69, 9.17) is 0 Å². The van der Waals surface area contributed by atoms with E-state index in [2.05, 4.69) is 25.7 Å². The maximum absolute atomic E-state index is 13.0. The molecule has 0 spiro atoms. The van der Waals surface area contributed by atoms with Crippen molar-refractivity contribution in [2.75, 3.05) is 6.54 Å². The maximum atomic E-state index is 13.0. The molecule has 1 aliphatic rings. The topological polar surface area (TPSA) is 3.24 Å². The summed E-state index contributed by atoms with van der Waals surface area (Å²) in [4.78, 5) is 2.16. The Morgan fingerprint density at radius 3 is 2.23 bits per heavy atom. The van der Waals surface area contributed by atoms with E-state index in [1.807, 2.05) is 6.92 Å². The van der Waals surface area contributed by atoms with E-state index in [-0.39, 0.29) is 24.4 Å². The number of piperidine rings is 1. The van der Waals surface area contributed by atoms with E-state index in [0.29, 0.717) is 6.54 Å². The molecule has 1 nitrogen and oxygen atoms in total. The third-order valence-corrected chi connectivity index (χ3v) is 2.71. The molecule has 0 bridgehead atoms. The Kier molecular flexibility index (Phi) is 2.68. The number of halogens is 2. The third-order valence-electron chi connectivity index (χ3n) is 2.71. The molecule has 0 aromatic heterocycles. The second kappa shape index (κ2) is 3.19. The van der Waals surface area contributed by atoms with E-state index in [9.17, 15) is 8.78 Å². The average molecular weight is 191 g/mol. The fraction of sp³-hybridized carbons (Fsp3) is 1.00. The Labute approximate surface area is 79.1 Å². The van der Waals surface area contributed by atoms with Crippen LogP contribution in [-0.2, 0) is 0 Å². The van der Waals surface area contributed by atoms with Gasteiger partial charge >= 0.3 is 0 Å². The van der Waals surface area contributed by atoms with Crippen LogP contribution in [0.1, 0.15) is 40.5 Å². The highest BCUT2D eigenvalue weighted by Crippen LogP contribution is 2.34. The van der Waals surface area contributed by atoms with Gasteiger partial charge in [0, 0.05) is 31.0 Å². The Morgan fingerprint density at radius 2 is 1.85 bits per heavy atom. The molecule has 1 saturated heterocycles. The summed E-state index contributed by atoms with van der Waals surface area (Å²) in [5.74, 6) is -2.44. The van der Waals surface area contributed by atoms with Gasteiger partial charge in [-0.1, -0.05) is 0 Å². The van der Waals surface area contributed by atoms with Gasteiger partial charge in [-0.3, -0.25) is 4.90 Å². The van der Waals surface area contributed by atoms with Gasteiger partial charge in [0.05, 0.1) is 0 Å². The van der Waals surface area contributed by atoms with Crippen molar-refractivity contribution >= 4 is 0 Å². The van der Waals surface area contributed by atoms with E-state index in [1.54, 1.807) is 0 Å². The zero-order valence-electron chi connectivity index (χ0n) is 8.90. The lowest BCUT2D eigenvalue weighted by Crippen LogP contribution is -2.53. The first-order valence-corrected chi connectivity index (χ1v) is 4.87. The highest BCUT2D eigenvalue weighted by molar-refractivity contribution is 4.89. The number of nitrogens with zero attached hydrogens (tertiary/aromatic N) is 1. The summed E-state index contributed by atoms with van der Waals surface area (Å²) in [5, 5.41) is 0. The van der Waals surface area contributed by atoms with E-state index in [0.717, 1.165) is 0 Å². The summed E-state index contributed by atoms with van der Waals surface area (Å²) in [5.41, 5.74) is 0.00984. The fourth-order valence-corrected chi connectivity index (χ4v) is 2.15. The van der Waals surface area contributed by atoms with Crippen LogP contribution in [-0.4, -0.2) is 28.9 Å². The predicted molar refractivity (Wildman–Crippen MR) is 50.1 cm³/mol. The molecule has 13 heavy (non-hydrogen) atoms. The number of hydrogen-bond donors (Lipinski definition) is 0. The SMILES string of the molecule is C[C@H]1CC(F)(F)CCN1C(C)(C)C. The first-order chi connectivity index (χ1) is 5.72. The van der Waals surface area contributed by atoms with Crippen LogP contribution >= 0.6 is 0 Å². The molecule has 0 unspecified atom stereocenters. The molecule has 0 saturated carbocycles. The molecule has 1 fully saturated rings. The lowest BCUT2D eigenvalue weighted by atomic mass is 9.93. The van der Waals surface area contributed by atoms with E-state index < -0.39 is 5.92 Å². The molecule has 3 heteroatoms. The molecular formula is C10H19F2N. The molecule has 0 radical (unpaired) electrons. The Hall–Kier alpha value is -0.180. The van der Waals surface area contributed by atoms with Gasteiger partial charge < -0.3 is 0 Å². The highest BCUT2D eigenvalue weighted by Gasteiger charge is 2.41. The van der Waals surface area contributed by atoms with Crippen LogP contribution in [0.3, 0.4) is 0 Å². The van der Waals surface area contributed by atoms with Crippen molar-refractivity contribution in [2.24, 2.45) is 0 Å². The van der Waals surface area contributed by atoms with Crippen molar-refractivity contribution in [3.63, 3.8) is 0 Å². The summed E-state index contributed by atoms with van der Waals surface area (Å²) in [6.45, 7) is 8.63. The number of likely N-dealkylation sites (tertiary alicyclic amines) is 1. The normalized spacial score (nSPS) is 30.5. The molecule has 1 rings (SSSR count). The molecular weight excluding hydrogens is 172 g/mol. The molecule has 78 valence electrons. The van der Waals surface area contributed by atoms with Crippen LogP contribution in [0.4, 0.5) is 8.78 Å². The van der Waals surface area contributed by atoms with Crippen molar-refractivity contribution in [3.05, 3.63) is 0 Å². The zero-order valence-corrected chi connectivity index (χ0v) is 8.90. The number of rotatable bonds is 0. The van der Waals surface area contributed by atoms with Gasteiger partial charge in [-0.15, -0.1) is 0 Å². The summed E-state index contributed by atoms with van der Waals surface area (Å²) in [6.07, 6.45) is 0.0128. The summed E-state index contributed by atoms with van der Waals surface area (Å²) >= 11 is 0.